The molecule has 19 heteroatoms. The van der Waals surface area contributed by atoms with E-state index in [0.717, 1.165) is 38.5 Å². The highest BCUT2D eigenvalue weighted by atomic mass is 16.8. The number of unbranched alkanes of at least 4 members (excludes halogenated alkanes) is 23. The molecule has 0 aromatic heterocycles. The molecular formula is C67H117NO18. The zero-order chi connectivity index (χ0) is 62.6. The number of carbonyl (C=O) groups excluding carboxylic acids is 1. The van der Waals surface area contributed by atoms with Gasteiger partial charge >= 0.3 is 0 Å². The van der Waals surface area contributed by atoms with E-state index in [-0.39, 0.29) is 12.3 Å². The highest BCUT2D eigenvalue weighted by Gasteiger charge is 2.53. The molecule has 3 fully saturated rings. The number of hydrogen-bond acceptors (Lipinski definition) is 18. The molecule has 3 rings (SSSR count). The molecule has 17 unspecified atom stereocenters. The van der Waals surface area contributed by atoms with Crippen LogP contribution in [0.1, 0.15) is 213 Å². The Kier molecular flexibility index (Phi) is 44.1. The van der Waals surface area contributed by atoms with Gasteiger partial charge in [0.1, 0.15) is 73.2 Å². The molecule has 3 aliphatic heterocycles. The minimum Gasteiger partial charge on any atom is -0.394 e. The first-order chi connectivity index (χ1) is 41.8. The fraction of sp³-hybridized carbons (Fsp3) is 0.806. The minimum absolute atomic E-state index is 0.111. The SMILES string of the molecule is CC/C=C\C/C=C\C/C=C\C/C=C\CCC(=O)NC(COC1OC(CO)C(OC2OC(CO)C(OC3OC(CO)C(O)C(O)C3O)C(O)C2O)C(O)C1O)C(O)/C=C/CC/C=C/CCCCCCCCCCCCCCCCCCCCCCCC. The molecular weight excluding hydrogens is 1110 g/mol. The molecule has 3 aliphatic rings. The van der Waals surface area contributed by atoms with Gasteiger partial charge in [0.15, 0.2) is 18.9 Å². The fourth-order valence-corrected chi connectivity index (χ4v) is 10.9. The van der Waals surface area contributed by atoms with Crippen LogP contribution in [-0.2, 0) is 33.2 Å². The van der Waals surface area contributed by atoms with E-state index in [1.165, 1.54) is 135 Å². The third kappa shape index (κ3) is 31.3. The number of aliphatic hydroxyl groups is 11. The Morgan fingerprint density at radius 2 is 0.814 bits per heavy atom. The van der Waals surface area contributed by atoms with Crippen molar-refractivity contribution in [3.05, 3.63) is 72.9 Å². The molecule has 0 bridgehead atoms. The number of hydrogen-bond donors (Lipinski definition) is 12. The second-order valence-electron chi connectivity index (χ2n) is 23.5. The van der Waals surface area contributed by atoms with Crippen LogP contribution in [0.4, 0.5) is 0 Å². The van der Waals surface area contributed by atoms with Crippen LogP contribution in [0.2, 0.25) is 0 Å². The summed E-state index contributed by atoms with van der Waals surface area (Å²) in [6.45, 7) is 1.53. The first-order valence-corrected chi connectivity index (χ1v) is 33.2. The van der Waals surface area contributed by atoms with Gasteiger partial charge in [-0.3, -0.25) is 4.79 Å². The van der Waals surface area contributed by atoms with Gasteiger partial charge in [-0.05, 0) is 57.8 Å². The summed E-state index contributed by atoms with van der Waals surface area (Å²) in [7, 11) is 0. The maximum atomic E-state index is 13.3. The Balaban J connectivity index is 1.45. The van der Waals surface area contributed by atoms with E-state index in [0.29, 0.717) is 19.3 Å². The van der Waals surface area contributed by atoms with Crippen molar-refractivity contribution in [2.45, 2.75) is 317 Å². The van der Waals surface area contributed by atoms with Gasteiger partial charge in [-0.25, -0.2) is 0 Å². The van der Waals surface area contributed by atoms with Crippen LogP contribution in [0, 0.1) is 0 Å². The molecule has 19 nitrogen and oxygen atoms in total. The van der Waals surface area contributed by atoms with E-state index in [2.05, 4.69) is 67.8 Å². The summed E-state index contributed by atoms with van der Waals surface area (Å²) in [5, 5.41) is 120. The van der Waals surface area contributed by atoms with Gasteiger partial charge < -0.3 is 89.9 Å². The van der Waals surface area contributed by atoms with Gasteiger partial charge in [0.2, 0.25) is 5.91 Å². The van der Waals surface area contributed by atoms with E-state index in [1.54, 1.807) is 6.08 Å². The first kappa shape index (κ1) is 77.5. The second-order valence-corrected chi connectivity index (χ2v) is 23.5. The zero-order valence-electron chi connectivity index (χ0n) is 52.3. The number of ether oxygens (including phenoxy) is 6. The van der Waals surface area contributed by atoms with Crippen LogP contribution in [-0.4, -0.2) is 193 Å². The van der Waals surface area contributed by atoms with Crippen molar-refractivity contribution in [1.82, 2.24) is 5.32 Å². The molecule has 0 aromatic rings. The lowest BCUT2D eigenvalue weighted by Gasteiger charge is -2.48. The monoisotopic (exact) mass is 1220 g/mol. The van der Waals surface area contributed by atoms with Gasteiger partial charge in [0, 0.05) is 6.42 Å². The van der Waals surface area contributed by atoms with E-state index in [9.17, 15) is 61.0 Å². The summed E-state index contributed by atoms with van der Waals surface area (Å²) in [6.07, 6.45) is 33.6. The van der Waals surface area contributed by atoms with Crippen molar-refractivity contribution < 1.29 is 89.4 Å². The number of nitrogens with one attached hydrogen (secondary N) is 1. The molecule has 0 aromatic carbocycles. The number of allylic oxidation sites excluding steroid dienone is 11. The summed E-state index contributed by atoms with van der Waals surface area (Å²) >= 11 is 0. The number of carbonyl (C=O) groups is 1. The quantitative estimate of drug-likeness (QED) is 0.0204. The maximum Gasteiger partial charge on any atom is 0.220 e. The lowest BCUT2D eigenvalue weighted by atomic mass is 9.96. The third-order valence-corrected chi connectivity index (χ3v) is 16.3. The fourth-order valence-electron chi connectivity index (χ4n) is 10.9. The topological polar surface area (TPSA) is 307 Å². The summed E-state index contributed by atoms with van der Waals surface area (Å²) in [6, 6.07) is -1.03. The van der Waals surface area contributed by atoms with Crippen molar-refractivity contribution in [2.75, 3.05) is 26.4 Å². The van der Waals surface area contributed by atoms with Crippen LogP contribution in [0.15, 0.2) is 72.9 Å². The van der Waals surface area contributed by atoms with Crippen molar-refractivity contribution >= 4 is 5.91 Å². The molecule has 86 heavy (non-hydrogen) atoms. The van der Waals surface area contributed by atoms with E-state index in [4.69, 9.17) is 28.4 Å². The molecule has 3 heterocycles. The molecule has 0 saturated carbocycles. The third-order valence-electron chi connectivity index (χ3n) is 16.3. The van der Waals surface area contributed by atoms with Gasteiger partial charge in [-0.1, -0.05) is 222 Å². The Bertz CT molecular complexity index is 1850. The van der Waals surface area contributed by atoms with Gasteiger partial charge in [0.25, 0.3) is 0 Å². The van der Waals surface area contributed by atoms with Crippen LogP contribution < -0.4 is 5.32 Å². The molecule has 12 N–H and O–H groups in total. The second kappa shape index (κ2) is 49.0. The molecule has 3 saturated heterocycles. The summed E-state index contributed by atoms with van der Waals surface area (Å²) in [5.74, 6) is -0.367. The Labute approximate surface area is 515 Å². The lowest BCUT2D eigenvalue weighted by Crippen LogP contribution is -2.66. The van der Waals surface area contributed by atoms with Crippen molar-refractivity contribution in [3.63, 3.8) is 0 Å². The van der Waals surface area contributed by atoms with Crippen molar-refractivity contribution in [1.29, 1.82) is 0 Å². The first-order valence-electron chi connectivity index (χ1n) is 33.2. The number of aliphatic hydroxyl groups excluding tert-OH is 11. The average Bonchev–Trinajstić information content (AvgIpc) is 2.26. The van der Waals surface area contributed by atoms with Crippen LogP contribution in [0.25, 0.3) is 0 Å². The highest BCUT2D eigenvalue weighted by molar-refractivity contribution is 5.76. The van der Waals surface area contributed by atoms with Gasteiger partial charge in [0.05, 0.1) is 38.6 Å². The van der Waals surface area contributed by atoms with E-state index >= 15 is 0 Å². The molecule has 1 amide bonds. The van der Waals surface area contributed by atoms with Crippen molar-refractivity contribution in [3.8, 4) is 0 Å². The summed E-state index contributed by atoms with van der Waals surface area (Å²) in [5.41, 5.74) is 0. The van der Waals surface area contributed by atoms with E-state index < -0.39 is 131 Å². The average molecular weight is 1220 g/mol. The Hall–Kier alpha value is -2.77. The highest BCUT2D eigenvalue weighted by Crippen LogP contribution is 2.33. The summed E-state index contributed by atoms with van der Waals surface area (Å²) in [4.78, 5) is 13.3. The largest absolute Gasteiger partial charge is 0.394 e. The van der Waals surface area contributed by atoms with Crippen LogP contribution in [0.3, 0.4) is 0 Å². The minimum atomic E-state index is -1.99. The Morgan fingerprint density at radius 3 is 1.29 bits per heavy atom. The molecule has 0 aliphatic carbocycles. The zero-order valence-corrected chi connectivity index (χ0v) is 52.3. The molecule has 498 valence electrons. The molecule has 0 radical (unpaired) electrons. The number of amides is 1. The lowest BCUT2D eigenvalue weighted by molar-refractivity contribution is -0.379. The number of rotatable bonds is 49. The molecule has 0 spiro atoms. The van der Waals surface area contributed by atoms with Gasteiger partial charge in [-0.15, -0.1) is 0 Å². The predicted molar refractivity (Wildman–Crippen MR) is 332 cm³/mol. The normalized spacial score (nSPS) is 29.2. The van der Waals surface area contributed by atoms with Crippen molar-refractivity contribution in [2.24, 2.45) is 0 Å². The van der Waals surface area contributed by atoms with E-state index in [1.807, 2.05) is 18.2 Å². The smallest absolute Gasteiger partial charge is 0.220 e. The summed E-state index contributed by atoms with van der Waals surface area (Å²) < 4.78 is 34.2. The van der Waals surface area contributed by atoms with Crippen LogP contribution >= 0.6 is 0 Å². The van der Waals surface area contributed by atoms with Gasteiger partial charge in [-0.2, -0.15) is 0 Å². The Morgan fingerprint density at radius 1 is 0.430 bits per heavy atom. The standard InChI is InChI=1S/C67H117NO18/c1-3-5-7-9-11-13-15-17-18-19-20-21-22-23-24-25-26-27-28-29-30-31-33-34-36-38-40-42-44-51(72)50(68-55(73)45-43-41-39-37-35-32-16-14-12-10-8-6-4-2)49-81-65-61(79)58(76)63(53(47-70)83-65)86-67-62(80)59(77)64(54(48-71)84-67)85-66-60(78)57(75)56(74)52(46-69)82-66/h6,8,12,14,32,34-36,39,41-42,44,50-54,56-67,69-72,74-80H,3-5,7,9-11,13,15-31,33,37-38,40,43,45-49H2,1-2H3,(H,68,73)/b8-6-,14-12-,35-32-,36-34+,41-39-,44-42+. The predicted octanol–water partition coefficient (Wildman–Crippen LogP) is 7.77. The van der Waals surface area contributed by atoms with Crippen LogP contribution in [0.5, 0.6) is 0 Å². The molecule has 17 atom stereocenters. The maximum absolute atomic E-state index is 13.3.